The molecule has 0 aliphatic rings. The second-order valence-electron chi connectivity index (χ2n) is 3.61. The van der Waals surface area contributed by atoms with E-state index in [0.717, 1.165) is 15.5 Å². The van der Waals surface area contributed by atoms with Crippen molar-refractivity contribution in [1.82, 2.24) is 0 Å². The van der Waals surface area contributed by atoms with Crippen LogP contribution in [0.2, 0.25) is 0 Å². The van der Waals surface area contributed by atoms with Crippen molar-refractivity contribution in [3.05, 3.63) is 52.7 Å². The average Bonchev–Trinajstić information content (AvgIpc) is 2.28. The van der Waals surface area contributed by atoms with Crippen molar-refractivity contribution in [1.29, 1.82) is 0 Å². The number of fused-ring (bicyclic) bond motifs is 3. The van der Waals surface area contributed by atoms with E-state index in [1.807, 2.05) is 36.4 Å². The van der Waals surface area contributed by atoms with Crippen molar-refractivity contribution in [2.75, 3.05) is 0 Å². The Morgan fingerprint density at radius 2 is 1.88 bits per heavy atom. The van der Waals surface area contributed by atoms with Gasteiger partial charge < -0.3 is 5.11 Å². The van der Waals surface area contributed by atoms with Crippen LogP contribution in [0.4, 0.5) is 0 Å². The van der Waals surface area contributed by atoms with Crippen LogP contribution in [0.3, 0.4) is 0 Å². The molecule has 3 rings (SSSR count). The fourth-order valence-electron chi connectivity index (χ4n) is 1.92. The highest BCUT2D eigenvalue weighted by Crippen LogP contribution is 2.28. The molecule has 0 saturated carbocycles. The van der Waals surface area contributed by atoms with Crippen molar-refractivity contribution >= 4 is 32.2 Å². The second kappa shape index (κ2) is 3.32. The minimum Gasteiger partial charge on any atom is -0.499 e. The van der Waals surface area contributed by atoms with Gasteiger partial charge in [-0.2, -0.15) is 0 Å². The summed E-state index contributed by atoms with van der Waals surface area (Å²) in [5, 5.41) is 12.2. The normalized spacial score (nSPS) is 11.0. The van der Waals surface area contributed by atoms with Gasteiger partial charge in [0.25, 0.3) is 0 Å². The van der Waals surface area contributed by atoms with Crippen molar-refractivity contribution in [3.63, 3.8) is 0 Å². The van der Waals surface area contributed by atoms with Gasteiger partial charge in [0.2, 0.25) is 0 Å². The van der Waals surface area contributed by atoms with E-state index in [1.165, 1.54) is 17.4 Å². The predicted molar refractivity (Wildman–Crippen MR) is 67.3 cm³/mol. The maximum absolute atomic E-state index is 11.9. The van der Waals surface area contributed by atoms with Crippen LogP contribution in [0, 0.1) is 0 Å². The van der Waals surface area contributed by atoms with Crippen LogP contribution in [0.25, 0.3) is 20.9 Å². The van der Waals surface area contributed by atoms with Crippen molar-refractivity contribution < 1.29 is 5.11 Å². The van der Waals surface area contributed by atoms with Gasteiger partial charge in [0.15, 0.2) is 10.5 Å². The molecule has 0 unspecified atom stereocenters. The Morgan fingerprint density at radius 1 is 1.06 bits per heavy atom. The summed E-state index contributed by atoms with van der Waals surface area (Å²) in [5.41, 5.74) is -0.122. The molecule has 2 nitrogen and oxygen atoms in total. The lowest BCUT2D eigenvalue weighted by molar-refractivity contribution is 0.490. The Morgan fingerprint density at radius 3 is 2.75 bits per heavy atom. The number of hydrogen-bond donors (Lipinski definition) is 1. The molecule has 0 fully saturated rings. The lowest BCUT2D eigenvalue weighted by Crippen LogP contribution is -1.98. The predicted octanol–water partition coefficient (Wildman–Crippen LogP) is 3.12. The molecule has 78 valence electrons. The van der Waals surface area contributed by atoms with E-state index < -0.39 is 0 Å². The summed E-state index contributed by atoms with van der Waals surface area (Å²) < 4.78 is 0.823. The topological polar surface area (TPSA) is 37.3 Å². The highest BCUT2D eigenvalue weighted by atomic mass is 32.1. The summed E-state index contributed by atoms with van der Waals surface area (Å²) in [6, 6.07) is 12.9. The molecule has 0 amide bonds. The SMILES string of the molecule is O=c1cc(O)sc2ccc3ccccc3c12. The van der Waals surface area contributed by atoms with E-state index in [1.54, 1.807) is 0 Å². The smallest absolute Gasteiger partial charge is 0.192 e. The first-order valence-electron chi connectivity index (χ1n) is 4.90. The summed E-state index contributed by atoms with van der Waals surface area (Å²) in [5.74, 6) is 0. The van der Waals surface area contributed by atoms with Crippen LogP contribution in [-0.2, 0) is 0 Å². The van der Waals surface area contributed by atoms with Gasteiger partial charge in [0, 0.05) is 16.2 Å². The fraction of sp³-hybridized carbons (Fsp3) is 0. The van der Waals surface area contributed by atoms with E-state index in [-0.39, 0.29) is 10.5 Å². The first-order chi connectivity index (χ1) is 7.75. The molecule has 1 aromatic heterocycles. The highest BCUT2D eigenvalue weighted by molar-refractivity contribution is 7.20. The minimum atomic E-state index is -0.122. The van der Waals surface area contributed by atoms with Crippen molar-refractivity contribution in [3.8, 4) is 5.06 Å². The van der Waals surface area contributed by atoms with Crippen molar-refractivity contribution in [2.45, 2.75) is 0 Å². The first-order valence-corrected chi connectivity index (χ1v) is 5.72. The Kier molecular flexibility index (Phi) is 1.94. The van der Waals surface area contributed by atoms with Gasteiger partial charge >= 0.3 is 0 Å². The summed E-state index contributed by atoms with van der Waals surface area (Å²) in [4.78, 5) is 11.9. The molecular formula is C13H8O2S. The molecule has 0 aliphatic carbocycles. The zero-order chi connectivity index (χ0) is 11.1. The molecule has 2 aromatic carbocycles. The maximum atomic E-state index is 11.9. The second-order valence-corrected chi connectivity index (χ2v) is 4.67. The molecule has 1 N–H and O–H groups in total. The summed E-state index contributed by atoms with van der Waals surface area (Å²) in [6.07, 6.45) is 0. The largest absolute Gasteiger partial charge is 0.499 e. The molecule has 3 heteroatoms. The standard InChI is InChI=1S/C13H8O2S/c14-10-7-12(15)16-11-6-5-8-3-1-2-4-9(8)13(10)11/h1-7,15H. The van der Waals surface area contributed by atoms with E-state index >= 15 is 0 Å². The first kappa shape index (κ1) is 9.36. The van der Waals surface area contributed by atoms with E-state index in [2.05, 4.69) is 0 Å². The number of rotatable bonds is 0. The Labute approximate surface area is 95.4 Å². The molecule has 3 aromatic rings. The van der Waals surface area contributed by atoms with E-state index in [9.17, 15) is 9.90 Å². The van der Waals surface area contributed by atoms with Gasteiger partial charge in [-0.25, -0.2) is 0 Å². The number of aromatic hydroxyl groups is 1. The lowest BCUT2D eigenvalue weighted by atomic mass is 10.1. The third kappa shape index (κ3) is 1.29. The molecular weight excluding hydrogens is 220 g/mol. The van der Waals surface area contributed by atoms with Crippen LogP contribution in [0.15, 0.2) is 47.3 Å². The molecule has 0 aliphatic heterocycles. The number of benzene rings is 2. The van der Waals surface area contributed by atoms with Crippen LogP contribution < -0.4 is 5.43 Å². The third-order valence-corrected chi connectivity index (χ3v) is 3.49. The van der Waals surface area contributed by atoms with Gasteiger partial charge in [0.05, 0.1) is 0 Å². The Bertz CT molecular complexity index is 744. The molecule has 0 radical (unpaired) electrons. The summed E-state index contributed by atoms with van der Waals surface area (Å²) in [6.45, 7) is 0. The Hall–Kier alpha value is -1.87. The van der Waals surface area contributed by atoms with Gasteiger partial charge in [0.1, 0.15) is 0 Å². The monoisotopic (exact) mass is 228 g/mol. The van der Waals surface area contributed by atoms with Crippen molar-refractivity contribution in [2.24, 2.45) is 0 Å². The van der Waals surface area contributed by atoms with Gasteiger partial charge in [-0.15, -0.1) is 0 Å². The van der Waals surface area contributed by atoms with Crippen LogP contribution >= 0.6 is 11.3 Å². The molecule has 16 heavy (non-hydrogen) atoms. The summed E-state index contributed by atoms with van der Waals surface area (Å²) >= 11 is 1.23. The minimum absolute atomic E-state index is 0.0628. The molecule has 0 spiro atoms. The zero-order valence-electron chi connectivity index (χ0n) is 8.31. The summed E-state index contributed by atoms with van der Waals surface area (Å²) in [7, 11) is 0. The third-order valence-electron chi connectivity index (χ3n) is 2.61. The quantitative estimate of drug-likeness (QED) is 0.600. The van der Waals surface area contributed by atoms with Gasteiger partial charge in [-0.1, -0.05) is 41.7 Å². The molecule has 0 saturated heterocycles. The Balaban J connectivity index is 2.65. The molecule has 0 atom stereocenters. The van der Waals surface area contributed by atoms with E-state index in [0.29, 0.717) is 5.39 Å². The van der Waals surface area contributed by atoms with Crippen LogP contribution in [0.1, 0.15) is 0 Å². The highest BCUT2D eigenvalue weighted by Gasteiger charge is 2.05. The van der Waals surface area contributed by atoms with Crippen LogP contribution in [0.5, 0.6) is 5.06 Å². The van der Waals surface area contributed by atoms with Crippen LogP contribution in [-0.4, -0.2) is 5.11 Å². The number of hydrogen-bond acceptors (Lipinski definition) is 3. The lowest BCUT2D eigenvalue weighted by Gasteiger charge is -2.02. The molecule has 1 heterocycles. The van der Waals surface area contributed by atoms with E-state index in [4.69, 9.17) is 0 Å². The average molecular weight is 228 g/mol. The fourth-order valence-corrected chi connectivity index (χ4v) is 2.76. The molecule has 0 bridgehead atoms. The zero-order valence-corrected chi connectivity index (χ0v) is 9.12. The van der Waals surface area contributed by atoms with Gasteiger partial charge in [-0.05, 0) is 16.8 Å². The van der Waals surface area contributed by atoms with Gasteiger partial charge in [-0.3, -0.25) is 4.79 Å². The maximum Gasteiger partial charge on any atom is 0.192 e.